The van der Waals surface area contributed by atoms with Gasteiger partial charge in [0.05, 0.1) is 31.6 Å². The van der Waals surface area contributed by atoms with Crippen molar-refractivity contribution in [2.75, 3.05) is 12.0 Å². The number of anilines is 1. The highest BCUT2D eigenvalue weighted by Crippen LogP contribution is 2.38. The van der Waals surface area contributed by atoms with Crippen molar-refractivity contribution in [3.63, 3.8) is 0 Å². The van der Waals surface area contributed by atoms with Crippen LogP contribution in [0.1, 0.15) is 67.9 Å². The Morgan fingerprint density at radius 1 is 0.925 bits per heavy atom. The maximum Gasteiger partial charge on any atom is 0.340 e. The quantitative estimate of drug-likeness (QED) is 0.142. The van der Waals surface area contributed by atoms with Gasteiger partial charge in [-0.25, -0.2) is 4.79 Å². The Labute approximate surface area is 249 Å². The number of fused-ring (bicyclic) bond motifs is 3. The number of rotatable bonds is 8. The topological polar surface area (TPSA) is 69.0 Å². The summed E-state index contributed by atoms with van der Waals surface area (Å²) in [6, 6.07) is 17.8. The summed E-state index contributed by atoms with van der Waals surface area (Å²) in [7, 11) is 1.36. The third-order valence-corrected chi connectivity index (χ3v) is 8.61. The Morgan fingerprint density at radius 3 is 2.25 bits per heavy atom. The van der Waals surface area contributed by atoms with Crippen LogP contribution in [0.5, 0.6) is 0 Å². The molecule has 1 saturated carbocycles. The number of ether oxygens (including phenoxy) is 2. The van der Waals surface area contributed by atoms with Gasteiger partial charge < -0.3 is 18.8 Å². The number of esters is 1. The normalized spacial score (nSPS) is 17.4. The van der Waals surface area contributed by atoms with Crippen LogP contribution in [0.4, 0.5) is 5.69 Å². The molecule has 6 nitrogen and oxygen atoms in total. The van der Waals surface area contributed by atoms with Gasteiger partial charge in [-0.3, -0.25) is 4.79 Å². The number of furan rings is 1. The van der Waals surface area contributed by atoms with Crippen molar-refractivity contribution < 1.29 is 23.5 Å². The molecule has 1 fully saturated rings. The molecule has 0 bridgehead atoms. The van der Waals surface area contributed by atoms with Crippen LogP contribution in [0.15, 0.2) is 59.0 Å². The first-order valence-corrected chi connectivity index (χ1v) is 15.1. The third kappa shape index (κ3) is 6.05. The second-order valence-electron chi connectivity index (χ2n) is 11.2. The zero-order valence-corrected chi connectivity index (χ0v) is 25.7. The molecule has 7 heteroatoms. The summed E-state index contributed by atoms with van der Waals surface area (Å²) in [4.78, 5) is 28.6. The third-order valence-electron chi connectivity index (χ3n) is 7.89. The number of hydrogen-bond donors (Lipinski definition) is 0. The molecule has 0 N–H and O–H groups in total. The Hall–Kier alpha value is -2.91. The fraction of sp³-hybridized carbons (Fsp3) is 0.394. The van der Waals surface area contributed by atoms with Gasteiger partial charge >= 0.3 is 5.97 Å². The van der Waals surface area contributed by atoms with E-state index in [2.05, 4.69) is 59.8 Å². The van der Waals surface area contributed by atoms with E-state index in [9.17, 15) is 9.59 Å². The maximum absolute atomic E-state index is 13.9. The lowest BCUT2D eigenvalue weighted by molar-refractivity contribution is -0.123. The van der Waals surface area contributed by atoms with Gasteiger partial charge in [-0.05, 0) is 116 Å². The van der Waals surface area contributed by atoms with Gasteiger partial charge in [-0.1, -0.05) is 25.1 Å². The minimum Gasteiger partial charge on any atom is -0.465 e. The highest BCUT2D eigenvalue weighted by atomic mass is 127. The Kier molecular flexibility index (Phi) is 8.80. The average Bonchev–Trinajstić information content (AvgIpc) is 3.30. The van der Waals surface area contributed by atoms with E-state index < -0.39 is 5.97 Å². The Bertz CT molecular complexity index is 1520. The number of methoxy groups -OCH3 is 1. The molecule has 1 heterocycles. The zero-order chi connectivity index (χ0) is 28.4. The summed E-state index contributed by atoms with van der Waals surface area (Å²) in [5, 5.41) is 1.78. The van der Waals surface area contributed by atoms with E-state index in [1.807, 2.05) is 32.0 Å². The molecule has 4 aromatic rings. The first kappa shape index (κ1) is 28.6. The molecule has 1 aliphatic carbocycles. The van der Waals surface area contributed by atoms with E-state index in [0.29, 0.717) is 41.5 Å². The lowest BCUT2D eigenvalue weighted by Crippen LogP contribution is -2.43. The zero-order valence-electron chi connectivity index (χ0n) is 23.5. The van der Waals surface area contributed by atoms with E-state index in [0.717, 1.165) is 47.6 Å². The molecule has 0 saturated heterocycles. The summed E-state index contributed by atoms with van der Waals surface area (Å²) in [6.07, 6.45) is 3.84. The van der Waals surface area contributed by atoms with Gasteiger partial charge in [0, 0.05) is 26.3 Å². The van der Waals surface area contributed by atoms with E-state index in [-0.39, 0.29) is 17.9 Å². The predicted octanol–water partition coefficient (Wildman–Crippen LogP) is 8.26. The molecular formula is C33H36INO5. The molecule has 3 aromatic carbocycles. The van der Waals surface area contributed by atoms with Crippen molar-refractivity contribution in [3.8, 4) is 0 Å². The van der Waals surface area contributed by atoms with E-state index in [1.54, 1.807) is 11.0 Å². The SMILES string of the molecule is COC(=O)c1cc2oc3ccc(COCc4ccc(I)cc4)cc3c2cc1N(C(=O)C1CCC(C)CC1)C(C)C. The lowest BCUT2D eigenvalue weighted by atomic mass is 9.82. The average molecular weight is 654 g/mol. The van der Waals surface area contributed by atoms with Crippen LogP contribution in [0.2, 0.25) is 0 Å². The molecule has 210 valence electrons. The molecule has 5 rings (SSSR count). The number of halogens is 1. The monoisotopic (exact) mass is 653 g/mol. The minimum atomic E-state index is -0.488. The summed E-state index contributed by atoms with van der Waals surface area (Å²) in [6.45, 7) is 7.21. The lowest BCUT2D eigenvalue weighted by Gasteiger charge is -2.34. The molecule has 0 unspecified atom stereocenters. The molecule has 0 spiro atoms. The summed E-state index contributed by atoms with van der Waals surface area (Å²) < 4.78 is 18.5. The van der Waals surface area contributed by atoms with Gasteiger partial charge in [0.2, 0.25) is 5.91 Å². The van der Waals surface area contributed by atoms with Crippen molar-refractivity contribution in [1.29, 1.82) is 0 Å². The molecular weight excluding hydrogens is 617 g/mol. The van der Waals surface area contributed by atoms with Crippen molar-refractivity contribution in [3.05, 3.63) is 74.9 Å². The molecule has 1 amide bonds. The first-order valence-electron chi connectivity index (χ1n) is 14.0. The summed E-state index contributed by atoms with van der Waals surface area (Å²) in [5.41, 5.74) is 4.35. The highest BCUT2D eigenvalue weighted by Gasteiger charge is 2.33. The number of nitrogens with zero attached hydrogens (tertiary/aromatic N) is 1. The van der Waals surface area contributed by atoms with Crippen molar-refractivity contribution >= 4 is 62.1 Å². The first-order chi connectivity index (χ1) is 19.2. The highest BCUT2D eigenvalue weighted by molar-refractivity contribution is 14.1. The van der Waals surface area contributed by atoms with Gasteiger partial charge in [0.15, 0.2) is 0 Å². The van der Waals surface area contributed by atoms with Crippen molar-refractivity contribution in [2.45, 2.75) is 65.7 Å². The largest absolute Gasteiger partial charge is 0.465 e. The van der Waals surface area contributed by atoms with Gasteiger partial charge in [-0.15, -0.1) is 0 Å². The Morgan fingerprint density at radius 2 is 1.57 bits per heavy atom. The molecule has 0 aliphatic heterocycles. The minimum absolute atomic E-state index is 0.0438. The number of hydrogen-bond acceptors (Lipinski definition) is 5. The van der Waals surface area contributed by atoms with E-state index in [1.165, 1.54) is 10.7 Å². The summed E-state index contributed by atoms with van der Waals surface area (Å²) in [5.74, 6) is 0.185. The van der Waals surface area contributed by atoms with Crippen LogP contribution in [-0.2, 0) is 27.5 Å². The van der Waals surface area contributed by atoms with Crippen LogP contribution in [0.3, 0.4) is 0 Å². The molecule has 0 radical (unpaired) electrons. The molecule has 0 atom stereocenters. The predicted molar refractivity (Wildman–Crippen MR) is 166 cm³/mol. The second-order valence-corrected chi connectivity index (χ2v) is 12.4. The standard InChI is InChI=1S/C33H36INO5/c1-20(2)35(32(36)24-10-5-21(3)6-11-24)29-16-27-26-15-23(19-39-18-22-7-12-25(34)13-8-22)9-14-30(26)40-31(27)17-28(29)33(37)38-4/h7-9,12-17,20-21,24H,5-6,10-11,18-19H2,1-4H3. The van der Waals surface area contributed by atoms with Gasteiger partial charge in [-0.2, -0.15) is 0 Å². The number of benzene rings is 3. The van der Waals surface area contributed by atoms with Crippen LogP contribution < -0.4 is 4.90 Å². The number of carbonyl (C=O) groups excluding carboxylic acids is 2. The molecule has 40 heavy (non-hydrogen) atoms. The molecule has 1 aliphatic rings. The number of carbonyl (C=O) groups is 2. The van der Waals surface area contributed by atoms with Crippen LogP contribution in [0.25, 0.3) is 21.9 Å². The van der Waals surface area contributed by atoms with E-state index >= 15 is 0 Å². The Balaban J connectivity index is 1.50. The van der Waals surface area contributed by atoms with E-state index in [4.69, 9.17) is 13.9 Å². The van der Waals surface area contributed by atoms with Crippen LogP contribution >= 0.6 is 22.6 Å². The van der Waals surface area contributed by atoms with Crippen molar-refractivity contribution in [1.82, 2.24) is 0 Å². The fourth-order valence-corrected chi connectivity index (χ4v) is 6.00. The number of amides is 1. The fourth-order valence-electron chi connectivity index (χ4n) is 5.64. The summed E-state index contributed by atoms with van der Waals surface area (Å²) >= 11 is 2.29. The van der Waals surface area contributed by atoms with Gasteiger partial charge in [0.25, 0.3) is 0 Å². The van der Waals surface area contributed by atoms with Crippen LogP contribution in [-0.4, -0.2) is 25.0 Å². The molecule has 1 aromatic heterocycles. The van der Waals surface area contributed by atoms with Crippen molar-refractivity contribution in [2.24, 2.45) is 11.8 Å². The van der Waals surface area contributed by atoms with Crippen LogP contribution in [0, 0.1) is 15.4 Å². The van der Waals surface area contributed by atoms with Gasteiger partial charge in [0.1, 0.15) is 11.2 Å². The second kappa shape index (κ2) is 12.3. The maximum atomic E-state index is 13.9. The smallest absolute Gasteiger partial charge is 0.340 e.